The van der Waals surface area contributed by atoms with Crippen molar-refractivity contribution in [2.45, 2.75) is 77.3 Å². The molecule has 196 valence electrons. The molecular weight excluding hydrogens is 468 g/mol. The van der Waals surface area contributed by atoms with E-state index in [1.165, 1.54) is 33.1 Å². The Labute approximate surface area is 209 Å². The first-order valence-corrected chi connectivity index (χ1v) is 12.1. The van der Waals surface area contributed by atoms with Gasteiger partial charge in [-0.3, -0.25) is 9.47 Å². The standard InChI is InChI=1S/C23H32N4O3.C2H2O4/c1-16-7-4-5-8-18(16)15-30-21-13-19-9-10-20(14-21)26(19)11-6-12-27-22(28)24-17(2)25(3)23(27)29;3-1(4)2(5)6/h4-5,7-8,19-21H,6,9-15H2,1-3H3;(H,3,4)(H,5,6). The number of carbonyl (C=O) groups is 2. The van der Waals surface area contributed by atoms with Gasteiger partial charge in [0.05, 0.1) is 12.7 Å². The number of carboxylic acid groups (broad SMARTS) is 2. The van der Waals surface area contributed by atoms with E-state index in [1.54, 1.807) is 14.0 Å². The number of fused-ring (bicyclic) bond motifs is 2. The van der Waals surface area contributed by atoms with Crippen molar-refractivity contribution in [3.8, 4) is 0 Å². The molecule has 0 saturated carbocycles. The summed E-state index contributed by atoms with van der Waals surface area (Å²) in [6.07, 6.45) is 5.65. The van der Waals surface area contributed by atoms with Crippen LogP contribution >= 0.6 is 0 Å². The van der Waals surface area contributed by atoms with E-state index >= 15 is 0 Å². The Morgan fingerprint density at radius 3 is 2.22 bits per heavy atom. The first-order valence-electron chi connectivity index (χ1n) is 12.1. The monoisotopic (exact) mass is 502 g/mol. The van der Waals surface area contributed by atoms with Gasteiger partial charge in [-0.15, -0.1) is 0 Å². The van der Waals surface area contributed by atoms with Crippen molar-refractivity contribution in [2.75, 3.05) is 6.54 Å². The van der Waals surface area contributed by atoms with E-state index in [1.807, 2.05) is 0 Å². The number of hydrogen-bond donors (Lipinski definition) is 2. The van der Waals surface area contributed by atoms with E-state index in [2.05, 4.69) is 41.1 Å². The Kier molecular flexibility index (Phi) is 9.16. The molecule has 3 heterocycles. The zero-order chi connectivity index (χ0) is 26.4. The molecule has 0 spiro atoms. The summed E-state index contributed by atoms with van der Waals surface area (Å²) in [7, 11) is 1.66. The number of nitrogens with zero attached hydrogens (tertiary/aromatic N) is 4. The van der Waals surface area contributed by atoms with Crippen LogP contribution in [0.15, 0.2) is 33.9 Å². The quantitative estimate of drug-likeness (QED) is 0.536. The number of aromatic nitrogens is 3. The minimum Gasteiger partial charge on any atom is -0.473 e. The van der Waals surface area contributed by atoms with Crippen molar-refractivity contribution in [1.29, 1.82) is 0 Å². The lowest BCUT2D eigenvalue weighted by Crippen LogP contribution is -2.46. The van der Waals surface area contributed by atoms with Crippen molar-refractivity contribution >= 4 is 11.9 Å². The van der Waals surface area contributed by atoms with Crippen LogP contribution < -0.4 is 11.4 Å². The molecule has 2 aliphatic rings. The Balaban J connectivity index is 0.000000538. The van der Waals surface area contributed by atoms with Gasteiger partial charge in [0.2, 0.25) is 0 Å². The summed E-state index contributed by atoms with van der Waals surface area (Å²) >= 11 is 0. The lowest BCUT2D eigenvalue weighted by molar-refractivity contribution is -0.159. The molecular formula is C25H34N4O7. The molecule has 4 rings (SSSR count). The number of ether oxygens (including phenoxy) is 1. The summed E-state index contributed by atoms with van der Waals surface area (Å²) in [5.41, 5.74) is 1.83. The van der Waals surface area contributed by atoms with Gasteiger partial charge < -0.3 is 14.9 Å². The Bertz CT molecular complexity index is 1180. The lowest BCUT2D eigenvalue weighted by Gasteiger charge is -2.39. The van der Waals surface area contributed by atoms with E-state index in [9.17, 15) is 9.59 Å². The van der Waals surface area contributed by atoms with Gasteiger partial charge in [-0.25, -0.2) is 23.7 Å². The molecule has 0 radical (unpaired) electrons. The number of piperidine rings is 1. The van der Waals surface area contributed by atoms with E-state index in [-0.39, 0.29) is 5.69 Å². The van der Waals surface area contributed by atoms with Crippen LogP contribution in [0.25, 0.3) is 0 Å². The molecule has 2 bridgehead atoms. The first kappa shape index (κ1) is 27.3. The summed E-state index contributed by atoms with van der Waals surface area (Å²) in [6.45, 7) is 5.82. The number of aryl methyl sites for hydroxylation is 2. The third-order valence-corrected chi connectivity index (χ3v) is 7.05. The average Bonchev–Trinajstić information content (AvgIpc) is 3.06. The molecule has 2 N–H and O–H groups in total. The normalized spacial score (nSPS) is 21.0. The van der Waals surface area contributed by atoms with E-state index in [4.69, 9.17) is 24.5 Å². The maximum Gasteiger partial charge on any atom is 0.414 e. The van der Waals surface area contributed by atoms with Crippen LogP contribution in [0.1, 0.15) is 49.1 Å². The van der Waals surface area contributed by atoms with Crippen LogP contribution in [0.3, 0.4) is 0 Å². The van der Waals surface area contributed by atoms with Gasteiger partial charge in [-0.2, -0.15) is 4.98 Å². The molecule has 1 aromatic heterocycles. The predicted octanol–water partition coefficient (Wildman–Crippen LogP) is 1.32. The fourth-order valence-corrected chi connectivity index (χ4v) is 4.98. The number of hydrogen-bond acceptors (Lipinski definition) is 7. The molecule has 2 atom stereocenters. The van der Waals surface area contributed by atoms with E-state index in [0.29, 0.717) is 37.2 Å². The molecule has 11 heteroatoms. The molecule has 2 fully saturated rings. The van der Waals surface area contributed by atoms with Crippen molar-refractivity contribution in [3.63, 3.8) is 0 Å². The van der Waals surface area contributed by atoms with Gasteiger partial charge >= 0.3 is 23.3 Å². The van der Waals surface area contributed by atoms with Crippen LogP contribution in [0.5, 0.6) is 0 Å². The SMILES string of the molecule is Cc1ccccc1COC1CC2CCC(C1)N2CCCn1c(=O)nc(C)n(C)c1=O.O=C(O)C(=O)O. The highest BCUT2D eigenvalue weighted by Gasteiger charge is 2.40. The summed E-state index contributed by atoms with van der Waals surface area (Å²) in [4.78, 5) is 49.2. The van der Waals surface area contributed by atoms with Crippen LogP contribution in [0.4, 0.5) is 0 Å². The second-order valence-corrected chi connectivity index (χ2v) is 9.35. The zero-order valence-electron chi connectivity index (χ0n) is 20.9. The lowest BCUT2D eigenvalue weighted by atomic mass is 9.99. The maximum atomic E-state index is 12.3. The van der Waals surface area contributed by atoms with E-state index < -0.39 is 17.6 Å². The third kappa shape index (κ3) is 6.67. The fourth-order valence-electron chi connectivity index (χ4n) is 4.98. The molecule has 2 unspecified atom stereocenters. The summed E-state index contributed by atoms with van der Waals surface area (Å²) in [5, 5.41) is 14.8. The van der Waals surface area contributed by atoms with Crippen molar-refractivity contribution in [3.05, 3.63) is 62.2 Å². The van der Waals surface area contributed by atoms with E-state index in [0.717, 1.165) is 25.8 Å². The molecule has 11 nitrogen and oxygen atoms in total. The second kappa shape index (κ2) is 12.1. The molecule has 1 aromatic carbocycles. The Morgan fingerprint density at radius 1 is 1.03 bits per heavy atom. The zero-order valence-corrected chi connectivity index (χ0v) is 20.9. The minimum absolute atomic E-state index is 0.279. The van der Waals surface area contributed by atoms with Gasteiger partial charge in [-0.1, -0.05) is 24.3 Å². The highest BCUT2D eigenvalue weighted by molar-refractivity contribution is 6.27. The Hall–Kier alpha value is -3.31. The van der Waals surface area contributed by atoms with Gasteiger partial charge in [0.1, 0.15) is 5.82 Å². The maximum absolute atomic E-state index is 12.3. The van der Waals surface area contributed by atoms with Crippen molar-refractivity contribution in [2.24, 2.45) is 7.05 Å². The molecule has 0 amide bonds. The van der Waals surface area contributed by atoms with Crippen LogP contribution in [-0.2, 0) is 34.5 Å². The van der Waals surface area contributed by atoms with Crippen LogP contribution in [0.2, 0.25) is 0 Å². The van der Waals surface area contributed by atoms with Gasteiger partial charge in [-0.05, 0) is 57.1 Å². The highest BCUT2D eigenvalue weighted by atomic mass is 16.5. The predicted molar refractivity (Wildman–Crippen MR) is 131 cm³/mol. The van der Waals surface area contributed by atoms with Crippen molar-refractivity contribution in [1.82, 2.24) is 19.0 Å². The van der Waals surface area contributed by atoms with Crippen molar-refractivity contribution < 1.29 is 24.5 Å². The number of rotatable bonds is 7. The topological polar surface area (TPSA) is 144 Å². The molecule has 2 aromatic rings. The second-order valence-electron chi connectivity index (χ2n) is 9.35. The fraction of sp³-hybridized carbons (Fsp3) is 0.560. The minimum atomic E-state index is -1.82. The number of aliphatic carboxylic acids is 2. The van der Waals surface area contributed by atoms with Crippen LogP contribution in [0, 0.1) is 13.8 Å². The van der Waals surface area contributed by atoms with Gasteiger partial charge in [0, 0.05) is 32.2 Å². The third-order valence-electron chi connectivity index (χ3n) is 7.05. The van der Waals surface area contributed by atoms with Gasteiger partial charge in [0.15, 0.2) is 0 Å². The first-order chi connectivity index (χ1) is 17.1. The van der Waals surface area contributed by atoms with Gasteiger partial charge in [0.25, 0.3) is 0 Å². The summed E-state index contributed by atoms with van der Waals surface area (Å²) < 4.78 is 8.97. The molecule has 0 aliphatic carbocycles. The molecule has 2 aliphatic heterocycles. The smallest absolute Gasteiger partial charge is 0.414 e. The number of carboxylic acids is 2. The largest absolute Gasteiger partial charge is 0.473 e. The average molecular weight is 503 g/mol. The number of benzene rings is 1. The van der Waals surface area contributed by atoms with Crippen LogP contribution in [-0.4, -0.2) is 65.9 Å². The summed E-state index contributed by atoms with van der Waals surface area (Å²) in [6, 6.07) is 9.50. The summed E-state index contributed by atoms with van der Waals surface area (Å²) in [5.74, 6) is -3.20. The highest BCUT2D eigenvalue weighted by Crippen LogP contribution is 2.37. The Morgan fingerprint density at radius 2 is 1.64 bits per heavy atom. The molecule has 36 heavy (non-hydrogen) atoms. The molecule has 2 saturated heterocycles.